The van der Waals surface area contributed by atoms with E-state index in [0.29, 0.717) is 11.6 Å². The summed E-state index contributed by atoms with van der Waals surface area (Å²) in [5, 5.41) is 2.31. The van der Waals surface area contributed by atoms with Gasteiger partial charge in [0.05, 0.1) is 17.7 Å². The van der Waals surface area contributed by atoms with E-state index in [4.69, 9.17) is 0 Å². The van der Waals surface area contributed by atoms with E-state index in [9.17, 15) is 23.2 Å². The van der Waals surface area contributed by atoms with Gasteiger partial charge in [-0.1, -0.05) is 0 Å². The quantitative estimate of drug-likeness (QED) is 0.529. The Labute approximate surface area is 173 Å². The van der Waals surface area contributed by atoms with E-state index in [1.54, 1.807) is 12.1 Å². The van der Waals surface area contributed by atoms with E-state index < -0.39 is 35.3 Å². The highest BCUT2D eigenvalue weighted by Crippen LogP contribution is 2.15. The monoisotopic (exact) mass is 423 g/mol. The van der Waals surface area contributed by atoms with Crippen molar-refractivity contribution in [3.05, 3.63) is 99.1 Å². The van der Waals surface area contributed by atoms with Crippen LogP contribution in [0.1, 0.15) is 5.56 Å². The molecular formula is C21H15F2N5O3. The Morgan fingerprint density at radius 2 is 1.77 bits per heavy atom. The molecule has 4 aromatic rings. The number of nitrogens with zero attached hydrogens (tertiary/aromatic N) is 4. The minimum Gasteiger partial charge on any atom is -0.322 e. The smallest absolute Gasteiger partial charge is 0.322 e. The third kappa shape index (κ3) is 4.08. The number of hydrogen-bond acceptors (Lipinski definition) is 5. The number of carbonyl (C=O) groups excluding carboxylic acids is 1. The summed E-state index contributed by atoms with van der Waals surface area (Å²) in [7, 11) is 0. The van der Waals surface area contributed by atoms with Gasteiger partial charge >= 0.3 is 5.69 Å². The SMILES string of the molecule is O=C(Cn1c(=O)n(Cc2ccncc2)c(=O)c2ncccc21)Nc1ccc(F)cc1F. The van der Waals surface area contributed by atoms with E-state index >= 15 is 0 Å². The zero-order valence-electron chi connectivity index (χ0n) is 16.0. The van der Waals surface area contributed by atoms with E-state index in [1.807, 2.05) is 0 Å². The molecule has 8 nitrogen and oxygen atoms in total. The van der Waals surface area contributed by atoms with Crippen LogP contribution in [0.5, 0.6) is 0 Å². The Balaban J connectivity index is 1.75. The second kappa shape index (κ2) is 8.27. The molecule has 0 saturated heterocycles. The number of rotatable bonds is 5. The number of benzene rings is 1. The van der Waals surface area contributed by atoms with Gasteiger partial charge in [0.2, 0.25) is 5.91 Å². The van der Waals surface area contributed by atoms with Gasteiger partial charge in [0.15, 0.2) is 5.52 Å². The highest BCUT2D eigenvalue weighted by atomic mass is 19.1. The highest BCUT2D eigenvalue weighted by molar-refractivity contribution is 5.91. The minimum atomic E-state index is -0.949. The van der Waals surface area contributed by atoms with E-state index in [0.717, 1.165) is 21.3 Å². The molecule has 156 valence electrons. The first-order valence-corrected chi connectivity index (χ1v) is 9.16. The van der Waals surface area contributed by atoms with Crippen LogP contribution in [0.25, 0.3) is 11.0 Å². The van der Waals surface area contributed by atoms with Crippen molar-refractivity contribution in [3.8, 4) is 0 Å². The molecule has 0 aliphatic rings. The van der Waals surface area contributed by atoms with Gasteiger partial charge < -0.3 is 5.32 Å². The van der Waals surface area contributed by atoms with Gasteiger partial charge in [-0.3, -0.25) is 23.7 Å². The molecule has 1 amide bonds. The van der Waals surface area contributed by atoms with Gasteiger partial charge in [-0.05, 0) is 42.0 Å². The minimum absolute atomic E-state index is 0.0110. The zero-order valence-corrected chi connectivity index (χ0v) is 16.0. The van der Waals surface area contributed by atoms with Crippen LogP contribution in [0.3, 0.4) is 0 Å². The number of anilines is 1. The molecule has 0 aliphatic carbocycles. The highest BCUT2D eigenvalue weighted by Gasteiger charge is 2.17. The number of aromatic nitrogens is 4. The van der Waals surface area contributed by atoms with Crippen LogP contribution in [0.15, 0.2) is 70.6 Å². The summed E-state index contributed by atoms with van der Waals surface area (Å²) in [4.78, 5) is 46.4. The van der Waals surface area contributed by atoms with Crippen molar-refractivity contribution in [2.24, 2.45) is 0 Å². The predicted octanol–water partition coefficient (Wildman–Crippen LogP) is 1.92. The van der Waals surface area contributed by atoms with Crippen LogP contribution in [0.2, 0.25) is 0 Å². The fourth-order valence-corrected chi connectivity index (χ4v) is 3.13. The van der Waals surface area contributed by atoms with Crippen molar-refractivity contribution in [3.63, 3.8) is 0 Å². The molecule has 1 aromatic carbocycles. The summed E-state index contributed by atoms with van der Waals surface area (Å²) in [6.45, 7) is -0.546. The second-order valence-electron chi connectivity index (χ2n) is 6.66. The molecule has 0 radical (unpaired) electrons. The molecule has 3 heterocycles. The normalized spacial score (nSPS) is 10.9. The predicted molar refractivity (Wildman–Crippen MR) is 109 cm³/mol. The first-order valence-electron chi connectivity index (χ1n) is 9.16. The number of hydrogen-bond donors (Lipinski definition) is 1. The van der Waals surface area contributed by atoms with E-state index in [2.05, 4.69) is 15.3 Å². The van der Waals surface area contributed by atoms with Crippen molar-refractivity contribution in [2.45, 2.75) is 13.1 Å². The standard InChI is InChI=1S/C21H15F2N5O3/c22-14-3-4-16(15(23)10-14)26-18(29)12-27-17-2-1-7-25-19(17)20(30)28(21(27)31)11-13-5-8-24-9-6-13/h1-10H,11-12H2,(H,26,29). The third-order valence-electron chi connectivity index (χ3n) is 4.58. The van der Waals surface area contributed by atoms with Crippen LogP contribution >= 0.6 is 0 Å². The third-order valence-corrected chi connectivity index (χ3v) is 4.58. The van der Waals surface area contributed by atoms with Gasteiger partial charge in [-0.25, -0.2) is 18.6 Å². The Morgan fingerprint density at radius 3 is 2.52 bits per heavy atom. The van der Waals surface area contributed by atoms with Crippen LogP contribution in [0, 0.1) is 11.6 Å². The summed E-state index contributed by atoms with van der Waals surface area (Å²) < 4.78 is 29.0. The number of fused-ring (bicyclic) bond motifs is 1. The summed E-state index contributed by atoms with van der Waals surface area (Å²) in [6.07, 6.45) is 4.47. The molecular weight excluding hydrogens is 408 g/mol. The molecule has 0 saturated carbocycles. The second-order valence-corrected chi connectivity index (χ2v) is 6.66. The zero-order chi connectivity index (χ0) is 22.0. The molecule has 10 heteroatoms. The number of pyridine rings is 2. The Kier molecular flexibility index (Phi) is 5.35. The summed E-state index contributed by atoms with van der Waals surface area (Å²) in [5.74, 6) is -2.46. The van der Waals surface area contributed by atoms with Gasteiger partial charge in [-0.2, -0.15) is 0 Å². The van der Waals surface area contributed by atoms with Gasteiger partial charge in [0, 0.05) is 24.7 Å². The van der Waals surface area contributed by atoms with Gasteiger partial charge in [0.1, 0.15) is 18.2 Å². The average molecular weight is 423 g/mol. The van der Waals surface area contributed by atoms with Crippen molar-refractivity contribution in [1.29, 1.82) is 0 Å². The van der Waals surface area contributed by atoms with Crippen molar-refractivity contribution in [1.82, 2.24) is 19.1 Å². The largest absolute Gasteiger partial charge is 0.332 e. The topological polar surface area (TPSA) is 98.9 Å². The maximum absolute atomic E-state index is 13.9. The first-order chi connectivity index (χ1) is 14.9. The van der Waals surface area contributed by atoms with Crippen molar-refractivity contribution >= 4 is 22.6 Å². The van der Waals surface area contributed by atoms with Crippen LogP contribution in [-0.2, 0) is 17.9 Å². The molecule has 1 N–H and O–H groups in total. The Bertz CT molecular complexity index is 1400. The first kappa shape index (κ1) is 20.1. The number of nitrogens with one attached hydrogen (secondary N) is 1. The summed E-state index contributed by atoms with van der Waals surface area (Å²) >= 11 is 0. The number of amides is 1. The fourth-order valence-electron chi connectivity index (χ4n) is 3.13. The number of carbonyl (C=O) groups is 1. The van der Waals surface area contributed by atoms with Gasteiger partial charge in [0.25, 0.3) is 5.56 Å². The fraction of sp³-hybridized carbons (Fsp3) is 0.0952. The maximum atomic E-state index is 13.9. The molecule has 4 rings (SSSR count). The molecule has 0 fully saturated rings. The lowest BCUT2D eigenvalue weighted by atomic mass is 10.2. The molecule has 0 spiro atoms. The lowest BCUT2D eigenvalue weighted by Crippen LogP contribution is -2.42. The van der Waals surface area contributed by atoms with E-state index in [-0.39, 0.29) is 23.3 Å². The van der Waals surface area contributed by atoms with Crippen LogP contribution < -0.4 is 16.6 Å². The van der Waals surface area contributed by atoms with E-state index in [1.165, 1.54) is 30.7 Å². The molecule has 0 bridgehead atoms. The molecule has 0 aliphatic heterocycles. The maximum Gasteiger partial charge on any atom is 0.332 e. The lowest BCUT2D eigenvalue weighted by Gasteiger charge is -2.14. The molecule has 0 unspecified atom stereocenters. The molecule has 31 heavy (non-hydrogen) atoms. The Hall–Kier alpha value is -4.21. The molecule has 0 atom stereocenters. The number of halogens is 2. The summed E-state index contributed by atoms with van der Waals surface area (Å²) in [5.41, 5.74) is -0.716. The lowest BCUT2D eigenvalue weighted by molar-refractivity contribution is -0.116. The summed E-state index contributed by atoms with van der Waals surface area (Å²) in [6, 6.07) is 9.05. The van der Waals surface area contributed by atoms with Crippen LogP contribution in [0.4, 0.5) is 14.5 Å². The van der Waals surface area contributed by atoms with Gasteiger partial charge in [-0.15, -0.1) is 0 Å². The van der Waals surface area contributed by atoms with Crippen molar-refractivity contribution < 1.29 is 13.6 Å². The average Bonchev–Trinajstić information content (AvgIpc) is 2.77. The van der Waals surface area contributed by atoms with Crippen LogP contribution in [-0.4, -0.2) is 25.0 Å². The molecule has 3 aromatic heterocycles. The Morgan fingerprint density at radius 1 is 1.00 bits per heavy atom. The van der Waals surface area contributed by atoms with Crippen molar-refractivity contribution in [2.75, 3.05) is 5.32 Å².